The molecule has 1 amide bonds. The Morgan fingerprint density at radius 1 is 1.06 bits per heavy atom. The van der Waals surface area contributed by atoms with Crippen LogP contribution >= 0.6 is 0 Å². The normalized spacial score (nSPS) is 7.56. The second kappa shape index (κ2) is 12.8. The molecule has 18 heavy (non-hydrogen) atoms. The summed E-state index contributed by atoms with van der Waals surface area (Å²) >= 11 is 0. The smallest absolute Gasteiger partial charge is 0.310 e. The van der Waals surface area contributed by atoms with Crippen molar-refractivity contribution in [3.63, 3.8) is 0 Å². The second-order valence-electron chi connectivity index (χ2n) is 3.18. The van der Waals surface area contributed by atoms with E-state index in [4.69, 9.17) is 0 Å². The van der Waals surface area contributed by atoms with Crippen LogP contribution in [0.5, 0.6) is 0 Å². The van der Waals surface area contributed by atoms with Crippen molar-refractivity contribution in [1.29, 1.82) is 0 Å². The largest absolute Gasteiger partial charge is 0.394 e. The minimum atomic E-state index is -0.562. The molecule has 0 aliphatic heterocycles. The minimum absolute atomic E-state index is 0.562. The summed E-state index contributed by atoms with van der Waals surface area (Å²) in [6.07, 6.45) is 4.25. The lowest BCUT2D eigenvalue weighted by atomic mass is 10.5. The molecule has 0 unspecified atom stereocenters. The number of rotatable bonds is 1. The van der Waals surface area contributed by atoms with Gasteiger partial charge in [-0.25, -0.2) is 0 Å². The molecular weight excluding hydrogens is 236 g/mol. The lowest BCUT2D eigenvalue weighted by molar-refractivity contribution is -0.156. The number of hydrogen-bond donors (Lipinski definition) is 0. The van der Waals surface area contributed by atoms with Crippen molar-refractivity contribution >= 4 is 18.3 Å². The Hall–Kier alpha value is -2.24. The molecule has 0 aromatic carbocycles. The third kappa shape index (κ3) is 23.5. The van der Waals surface area contributed by atoms with E-state index >= 15 is 0 Å². The van der Waals surface area contributed by atoms with Gasteiger partial charge in [-0.3, -0.25) is 19.4 Å². The molecule has 0 saturated heterocycles. The van der Waals surface area contributed by atoms with Crippen molar-refractivity contribution in [2.45, 2.75) is 13.8 Å². The predicted molar refractivity (Wildman–Crippen MR) is 66.4 cm³/mol. The first-order chi connectivity index (χ1) is 8.40. The third-order valence-electron chi connectivity index (χ3n) is 1.06. The Bertz CT molecular complexity index is 300. The second-order valence-corrected chi connectivity index (χ2v) is 3.18. The van der Waals surface area contributed by atoms with Crippen molar-refractivity contribution in [1.82, 2.24) is 9.88 Å². The summed E-state index contributed by atoms with van der Waals surface area (Å²) in [6.45, 7) is 2.36. The van der Waals surface area contributed by atoms with Crippen LogP contribution in [0.3, 0.4) is 0 Å². The lowest BCUT2D eigenvalue weighted by Crippen LogP contribution is -2.06. The summed E-state index contributed by atoms with van der Waals surface area (Å²) in [5.74, 6) is -1.12. The molecule has 0 radical (unpaired) electrons. The van der Waals surface area contributed by atoms with Gasteiger partial charge in [0.2, 0.25) is 6.41 Å². The summed E-state index contributed by atoms with van der Waals surface area (Å²) in [5, 5.41) is 0. The summed E-state index contributed by atoms with van der Waals surface area (Å²) < 4.78 is 3.97. The van der Waals surface area contributed by atoms with Gasteiger partial charge in [-0.1, -0.05) is 6.07 Å². The van der Waals surface area contributed by atoms with Gasteiger partial charge in [0.1, 0.15) is 0 Å². The maximum absolute atomic E-state index is 9.81. The van der Waals surface area contributed by atoms with Crippen LogP contribution in [0.15, 0.2) is 30.6 Å². The summed E-state index contributed by atoms with van der Waals surface area (Å²) in [5.41, 5.74) is 0. The molecule has 1 aromatic heterocycles. The third-order valence-corrected chi connectivity index (χ3v) is 1.06. The Morgan fingerprint density at radius 3 is 1.50 bits per heavy atom. The van der Waals surface area contributed by atoms with Crippen molar-refractivity contribution in [3.8, 4) is 0 Å². The number of carbonyl (C=O) groups is 3. The van der Waals surface area contributed by atoms with E-state index in [9.17, 15) is 14.4 Å². The molecule has 1 heterocycles. The molecule has 0 atom stereocenters. The van der Waals surface area contributed by atoms with Gasteiger partial charge in [0.15, 0.2) is 0 Å². The van der Waals surface area contributed by atoms with Gasteiger partial charge in [0, 0.05) is 40.3 Å². The fourth-order valence-electron chi connectivity index (χ4n) is 0.515. The number of amides is 1. The fourth-order valence-corrected chi connectivity index (χ4v) is 0.515. The number of esters is 2. The zero-order valence-corrected chi connectivity index (χ0v) is 11.0. The van der Waals surface area contributed by atoms with Crippen molar-refractivity contribution in [3.05, 3.63) is 30.6 Å². The average Bonchev–Trinajstić information content (AvgIpc) is 2.31. The standard InChI is InChI=1S/C5H5N.C4H6O3.C3H7NO/c1-2-4-6-5-3-1;1-3(5)7-4(2)6;1-4(2)3-5/h1-5H;1-2H3;3H,1-2H3. The van der Waals surface area contributed by atoms with Gasteiger partial charge in [-0.15, -0.1) is 0 Å². The molecule has 0 spiro atoms. The van der Waals surface area contributed by atoms with Gasteiger partial charge in [0.25, 0.3) is 0 Å². The van der Waals surface area contributed by atoms with E-state index in [0.717, 1.165) is 6.41 Å². The Labute approximate surface area is 107 Å². The molecule has 0 N–H and O–H groups in total. The first kappa shape index (κ1) is 18.1. The first-order valence-corrected chi connectivity index (χ1v) is 5.05. The number of hydrogen-bond acceptors (Lipinski definition) is 5. The highest BCUT2D eigenvalue weighted by atomic mass is 16.6. The van der Waals surface area contributed by atoms with E-state index < -0.39 is 11.9 Å². The van der Waals surface area contributed by atoms with E-state index in [1.165, 1.54) is 18.7 Å². The van der Waals surface area contributed by atoms with Crippen molar-refractivity contribution in [2.75, 3.05) is 14.1 Å². The highest BCUT2D eigenvalue weighted by Gasteiger charge is 1.93. The Kier molecular flexibility index (Phi) is 12.9. The van der Waals surface area contributed by atoms with E-state index in [1.54, 1.807) is 26.5 Å². The summed E-state index contributed by atoms with van der Waals surface area (Å²) in [4.78, 5) is 34.3. The molecule has 0 aliphatic carbocycles. The van der Waals surface area contributed by atoms with E-state index in [-0.39, 0.29) is 0 Å². The fraction of sp³-hybridized carbons (Fsp3) is 0.333. The van der Waals surface area contributed by atoms with Crippen molar-refractivity contribution in [2.24, 2.45) is 0 Å². The minimum Gasteiger partial charge on any atom is -0.394 e. The summed E-state index contributed by atoms with van der Waals surface area (Å²) in [6, 6.07) is 5.72. The Balaban J connectivity index is 0. The summed E-state index contributed by atoms with van der Waals surface area (Å²) in [7, 11) is 3.38. The zero-order chi connectivity index (χ0) is 14.4. The molecule has 6 nitrogen and oxygen atoms in total. The zero-order valence-electron chi connectivity index (χ0n) is 11.0. The van der Waals surface area contributed by atoms with Crippen LogP contribution in [0.4, 0.5) is 0 Å². The first-order valence-electron chi connectivity index (χ1n) is 5.05. The molecule has 1 aromatic rings. The van der Waals surface area contributed by atoms with Crippen LogP contribution in [0.25, 0.3) is 0 Å². The molecule has 0 aliphatic rings. The van der Waals surface area contributed by atoms with Gasteiger partial charge < -0.3 is 9.64 Å². The van der Waals surface area contributed by atoms with E-state index in [1.807, 2.05) is 18.2 Å². The number of carbonyl (C=O) groups excluding carboxylic acids is 3. The number of aromatic nitrogens is 1. The van der Waals surface area contributed by atoms with Crippen LogP contribution in [0.1, 0.15) is 13.8 Å². The molecule has 100 valence electrons. The molecule has 0 fully saturated rings. The average molecular weight is 254 g/mol. The van der Waals surface area contributed by atoms with Crippen LogP contribution in [-0.2, 0) is 19.1 Å². The maximum Gasteiger partial charge on any atom is 0.310 e. The van der Waals surface area contributed by atoms with E-state index in [0.29, 0.717) is 0 Å². The highest BCUT2D eigenvalue weighted by molar-refractivity contribution is 5.82. The van der Waals surface area contributed by atoms with Gasteiger partial charge in [0.05, 0.1) is 0 Å². The van der Waals surface area contributed by atoms with Crippen LogP contribution in [0.2, 0.25) is 0 Å². The van der Waals surface area contributed by atoms with Gasteiger partial charge in [-0.2, -0.15) is 0 Å². The van der Waals surface area contributed by atoms with Gasteiger partial charge in [-0.05, 0) is 12.1 Å². The molecule has 0 bridgehead atoms. The van der Waals surface area contributed by atoms with E-state index in [2.05, 4.69) is 9.72 Å². The number of pyridine rings is 1. The maximum atomic E-state index is 9.81. The van der Waals surface area contributed by atoms with Gasteiger partial charge >= 0.3 is 11.9 Å². The quantitative estimate of drug-likeness (QED) is 0.422. The molecule has 6 heteroatoms. The SMILES string of the molecule is CC(=O)OC(C)=O.CN(C)C=O.c1ccncc1. The molecule has 0 saturated carbocycles. The highest BCUT2D eigenvalue weighted by Crippen LogP contribution is 1.74. The number of nitrogens with zero attached hydrogens (tertiary/aromatic N) is 2. The number of ether oxygens (including phenoxy) is 1. The lowest BCUT2D eigenvalue weighted by Gasteiger charge is -1.93. The topological polar surface area (TPSA) is 76.6 Å². The predicted octanol–water partition coefficient (Wildman–Crippen LogP) is 0.882. The van der Waals surface area contributed by atoms with Crippen LogP contribution in [-0.4, -0.2) is 42.3 Å². The molecule has 1 rings (SSSR count). The monoisotopic (exact) mass is 254 g/mol. The molecular formula is C12H18N2O4. The Morgan fingerprint density at radius 2 is 1.44 bits per heavy atom. The van der Waals surface area contributed by atoms with Crippen LogP contribution < -0.4 is 0 Å². The van der Waals surface area contributed by atoms with Crippen LogP contribution in [0, 0.1) is 0 Å². The van der Waals surface area contributed by atoms with Crippen molar-refractivity contribution < 1.29 is 19.1 Å².